The number of carbonyl (C=O) groups excluding carboxylic acids is 1. The number of aromatic nitrogens is 2. The number of benzene rings is 2. The second-order valence-electron chi connectivity index (χ2n) is 7.22. The highest BCUT2D eigenvalue weighted by Crippen LogP contribution is 2.20. The Kier molecular flexibility index (Phi) is 5.99. The summed E-state index contributed by atoms with van der Waals surface area (Å²) in [7, 11) is 0. The largest absolute Gasteiger partial charge is 0.345 e. The fourth-order valence-corrected chi connectivity index (χ4v) is 3.58. The standard InChI is InChI=1S/C25H23N3O2/c29-24(21-18-26-23-16-7-8-17-28(23)25(21)30)27-22(20-13-5-2-6-14-20)15-9-12-19-10-3-1-4-11-19/h1-8,10-11,13-14,16-18,22H,9,12,15H2,(H,27,29). The quantitative estimate of drug-likeness (QED) is 0.509. The lowest BCUT2D eigenvalue weighted by Crippen LogP contribution is -2.34. The highest BCUT2D eigenvalue weighted by Gasteiger charge is 2.19. The fraction of sp³-hybridized carbons (Fsp3) is 0.160. The molecular weight excluding hydrogens is 374 g/mol. The van der Waals surface area contributed by atoms with Crippen molar-refractivity contribution in [3.05, 3.63) is 118 Å². The summed E-state index contributed by atoms with van der Waals surface area (Å²) in [5.41, 5.74) is 2.48. The third-order valence-electron chi connectivity index (χ3n) is 5.17. The van der Waals surface area contributed by atoms with E-state index in [9.17, 15) is 9.59 Å². The van der Waals surface area contributed by atoms with Crippen molar-refractivity contribution in [1.82, 2.24) is 14.7 Å². The molecule has 0 aliphatic carbocycles. The van der Waals surface area contributed by atoms with Crippen molar-refractivity contribution < 1.29 is 4.79 Å². The summed E-state index contributed by atoms with van der Waals surface area (Å²) in [6, 6.07) is 25.3. The molecule has 0 fully saturated rings. The first-order valence-corrected chi connectivity index (χ1v) is 10.1. The number of hydrogen-bond acceptors (Lipinski definition) is 3. The van der Waals surface area contributed by atoms with Gasteiger partial charge >= 0.3 is 0 Å². The molecule has 0 radical (unpaired) electrons. The summed E-state index contributed by atoms with van der Waals surface area (Å²) in [6.45, 7) is 0. The first kappa shape index (κ1) is 19.6. The van der Waals surface area contributed by atoms with Crippen LogP contribution in [0.1, 0.15) is 40.4 Å². The summed E-state index contributed by atoms with van der Waals surface area (Å²) < 4.78 is 1.39. The Bertz CT molecular complexity index is 1190. The van der Waals surface area contributed by atoms with Crippen LogP contribution in [0, 0.1) is 0 Å². The van der Waals surface area contributed by atoms with Gasteiger partial charge in [0.1, 0.15) is 11.2 Å². The van der Waals surface area contributed by atoms with Gasteiger partial charge in [-0.25, -0.2) is 4.98 Å². The molecule has 0 bridgehead atoms. The summed E-state index contributed by atoms with van der Waals surface area (Å²) in [5, 5.41) is 3.05. The van der Waals surface area contributed by atoms with Crippen molar-refractivity contribution in [2.75, 3.05) is 0 Å². The van der Waals surface area contributed by atoms with E-state index < -0.39 is 5.91 Å². The minimum absolute atomic E-state index is 0.0442. The molecule has 2 aromatic carbocycles. The van der Waals surface area contributed by atoms with Crippen LogP contribution in [0.2, 0.25) is 0 Å². The maximum atomic E-state index is 13.0. The van der Waals surface area contributed by atoms with Gasteiger partial charge in [0, 0.05) is 12.4 Å². The monoisotopic (exact) mass is 397 g/mol. The normalized spacial score (nSPS) is 11.9. The average Bonchev–Trinajstić information content (AvgIpc) is 2.80. The predicted molar refractivity (Wildman–Crippen MR) is 117 cm³/mol. The molecule has 150 valence electrons. The maximum Gasteiger partial charge on any atom is 0.270 e. The molecule has 30 heavy (non-hydrogen) atoms. The topological polar surface area (TPSA) is 63.5 Å². The van der Waals surface area contributed by atoms with Crippen LogP contribution in [0.25, 0.3) is 5.65 Å². The molecule has 0 saturated heterocycles. The zero-order valence-electron chi connectivity index (χ0n) is 16.6. The van der Waals surface area contributed by atoms with Gasteiger partial charge in [0.15, 0.2) is 0 Å². The van der Waals surface area contributed by atoms with Crippen molar-refractivity contribution in [3.8, 4) is 0 Å². The number of fused-ring (bicyclic) bond motifs is 1. The van der Waals surface area contributed by atoms with Crippen molar-refractivity contribution in [1.29, 1.82) is 0 Å². The van der Waals surface area contributed by atoms with E-state index in [2.05, 4.69) is 22.4 Å². The summed E-state index contributed by atoms with van der Waals surface area (Å²) in [4.78, 5) is 30.0. The van der Waals surface area contributed by atoms with Gasteiger partial charge in [-0.3, -0.25) is 14.0 Å². The molecule has 0 saturated carbocycles. The molecule has 1 N–H and O–H groups in total. The van der Waals surface area contributed by atoms with E-state index in [4.69, 9.17) is 0 Å². The fourth-order valence-electron chi connectivity index (χ4n) is 3.58. The molecule has 5 nitrogen and oxygen atoms in total. The second kappa shape index (κ2) is 9.18. The zero-order valence-corrected chi connectivity index (χ0v) is 16.6. The number of rotatable bonds is 7. The molecule has 4 rings (SSSR count). The molecule has 1 unspecified atom stereocenters. The van der Waals surface area contributed by atoms with E-state index in [-0.39, 0.29) is 17.2 Å². The van der Waals surface area contributed by atoms with Crippen LogP contribution in [0.15, 0.2) is 96.1 Å². The van der Waals surface area contributed by atoms with Crippen LogP contribution < -0.4 is 10.9 Å². The van der Waals surface area contributed by atoms with E-state index in [1.807, 2.05) is 48.5 Å². The lowest BCUT2D eigenvalue weighted by Gasteiger charge is -2.19. The van der Waals surface area contributed by atoms with Crippen LogP contribution in [0.5, 0.6) is 0 Å². The van der Waals surface area contributed by atoms with Gasteiger partial charge in [-0.2, -0.15) is 0 Å². The third kappa shape index (κ3) is 4.46. The molecule has 1 amide bonds. The second-order valence-corrected chi connectivity index (χ2v) is 7.22. The molecule has 5 heteroatoms. The van der Waals surface area contributed by atoms with Crippen LogP contribution in [-0.4, -0.2) is 15.3 Å². The van der Waals surface area contributed by atoms with Crippen molar-refractivity contribution in [3.63, 3.8) is 0 Å². The van der Waals surface area contributed by atoms with Crippen LogP contribution in [0.4, 0.5) is 0 Å². The summed E-state index contributed by atoms with van der Waals surface area (Å²) in [6.07, 6.45) is 5.60. The van der Waals surface area contributed by atoms with E-state index in [1.54, 1.807) is 24.4 Å². The highest BCUT2D eigenvalue weighted by atomic mass is 16.2. The number of aryl methyl sites for hydroxylation is 1. The first-order valence-electron chi connectivity index (χ1n) is 10.1. The van der Waals surface area contributed by atoms with Crippen LogP contribution in [0.3, 0.4) is 0 Å². The van der Waals surface area contributed by atoms with Crippen molar-refractivity contribution in [2.24, 2.45) is 0 Å². The molecule has 1 atom stereocenters. The van der Waals surface area contributed by atoms with E-state index in [0.717, 1.165) is 24.8 Å². The smallest absolute Gasteiger partial charge is 0.270 e. The predicted octanol–water partition coefficient (Wildman–Crippen LogP) is 4.19. The SMILES string of the molecule is O=C(NC(CCCc1ccccc1)c1ccccc1)c1cnc2ccccn2c1=O. The van der Waals surface area contributed by atoms with E-state index in [0.29, 0.717) is 5.65 Å². The van der Waals surface area contributed by atoms with E-state index >= 15 is 0 Å². The molecule has 0 aliphatic rings. The van der Waals surface area contributed by atoms with Gasteiger partial charge in [0.2, 0.25) is 0 Å². The number of hydrogen-bond donors (Lipinski definition) is 1. The third-order valence-corrected chi connectivity index (χ3v) is 5.17. The number of carbonyl (C=O) groups is 1. The first-order chi connectivity index (χ1) is 14.7. The van der Waals surface area contributed by atoms with E-state index in [1.165, 1.54) is 16.2 Å². The van der Waals surface area contributed by atoms with Crippen molar-refractivity contribution in [2.45, 2.75) is 25.3 Å². The Labute approximate surface area is 175 Å². The van der Waals surface area contributed by atoms with Crippen LogP contribution >= 0.6 is 0 Å². The van der Waals surface area contributed by atoms with Gasteiger partial charge in [-0.05, 0) is 42.5 Å². The molecular formula is C25H23N3O2. The Balaban J connectivity index is 1.53. The summed E-state index contributed by atoms with van der Waals surface area (Å²) in [5.74, 6) is -0.403. The van der Waals surface area contributed by atoms with Gasteiger partial charge in [-0.15, -0.1) is 0 Å². The molecule has 4 aromatic rings. The number of nitrogens with zero attached hydrogens (tertiary/aromatic N) is 2. The minimum Gasteiger partial charge on any atom is -0.345 e. The Morgan fingerprint density at radius 3 is 2.40 bits per heavy atom. The highest BCUT2D eigenvalue weighted by molar-refractivity contribution is 5.94. The number of pyridine rings is 1. The number of amides is 1. The van der Waals surface area contributed by atoms with Gasteiger partial charge in [-0.1, -0.05) is 66.7 Å². The molecule has 0 aliphatic heterocycles. The summed E-state index contributed by atoms with van der Waals surface area (Å²) >= 11 is 0. The van der Waals surface area contributed by atoms with Crippen molar-refractivity contribution >= 4 is 11.6 Å². The van der Waals surface area contributed by atoms with Gasteiger partial charge < -0.3 is 5.32 Å². The van der Waals surface area contributed by atoms with Gasteiger partial charge in [0.05, 0.1) is 6.04 Å². The average molecular weight is 397 g/mol. The molecule has 2 aromatic heterocycles. The maximum absolute atomic E-state index is 13.0. The Morgan fingerprint density at radius 1 is 0.933 bits per heavy atom. The zero-order chi connectivity index (χ0) is 20.8. The van der Waals surface area contributed by atoms with Gasteiger partial charge in [0.25, 0.3) is 11.5 Å². The minimum atomic E-state index is -0.403. The molecule has 0 spiro atoms. The van der Waals surface area contributed by atoms with Crippen LogP contribution in [-0.2, 0) is 6.42 Å². The lowest BCUT2D eigenvalue weighted by atomic mass is 9.98. The Morgan fingerprint density at radius 2 is 1.63 bits per heavy atom. The number of nitrogens with one attached hydrogen (secondary N) is 1. The molecule has 2 heterocycles. The Hall–Kier alpha value is -3.73. The lowest BCUT2D eigenvalue weighted by molar-refractivity contribution is 0.0932.